The second-order valence-corrected chi connectivity index (χ2v) is 10.4. The number of amides is 1. The quantitative estimate of drug-likeness (QED) is 0.380. The van der Waals surface area contributed by atoms with Gasteiger partial charge in [-0.25, -0.2) is 14.5 Å². The maximum Gasteiger partial charge on any atom is 0.276 e. The second-order valence-electron chi connectivity index (χ2n) is 10.4. The van der Waals surface area contributed by atoms with Gasteiger partial charge in [0, 0.05) is 48.4 Å². The van der Waals surface area contributed by atoms with Crippen molar-refractivity contribution in [1.82, 2.24) is 19.6 Å². The molecule has 3 N–H and O–H groups in total. The molecule has 0 bridgehead atoms. The number of pyridine rings is 1. The van der Waals surface area contributed by atoms with Crippen LogP contribution in [0.5, 0.6) is 0 Å². The smallest absolute Gasteiger partial charge is 0.276 e. The number of ketones is 1. The second kappa shape index (κ2) is 9.48. The molecule has 3 fully saturated rings. The molecule has 3 aliphatic rings. The summed E-state index contributed by atoms with van der Waals surface area (Å²) >= 11 is 0. The maximum absolute atomic E-state index is 13.5. The molecule has 36 heavy (non-hydrogen) atoms. The van der Waals surface area contributed by atoms with Crippen LogP contribution in [0, 0.1) is 17.8 Å². The van der Waals surface area contributed by atoms with Crippen molar-refractivity contribution in [3.05, 3.63) is 42.2 Å². The highest BCUT2D eigenvalue weighted by Gasteiger charge is 2.32. The number of aromatic nitrogens is 4. The molecule has 6 rings (SSSR count). The van der Waals surface area contributed by atoms with Crippen LogP contribution < -0.4 is 16.0 Å². The van der Waals surface area contributed by atoms with Crippen LogP contribution in [0.15, 0.2) is 30.6 Å². The third-order valence-electron chi connectivity index (χ3n) is 7.34. The van der Waals surface area contributed by atoms with E-state index >= 15 is 0 Å². The standard InChI is InChI=1S/C26H30FN7O2/c27-23-12-19(9-10-28-23)32-26(36)21-14-29-25-20(30-17-7-8-17)13-24(33-34(21)25)31-18-5-1-15(2-6-18)11-22(35)16-3-4-16/h9-10,12-18,30H,1-8,11H2,(H,31,33)(H,28,32,36). The summed E-state index contributed by atoms with van der Waals surface area (Å²) in [5.41, 5.74) is 1.96. The lowest BCUT2D eigenvalue weighted by molar-refractivity contribution is -0.121. The lowest BCUT2D eigenvalue weighted by Gasteiger charge is -2.29. The van der Waals surface area contributed by atoms with Gasteiger partial charge in [-0.3, -0.25) is 9.59 Å². The van der Waals surface area contributed by atoms with E-state index in [2.05, 4.69) is 25.9 Å². The lowest BCUT2D eigenvalue weighted by atomic mass is 9.82. The molecule has 10 heteroatoms. The number of halogens is 1. The molecule has 0 radical (unpaired) electrons. The van der Waals surface area contributed by atoms with Gasteiger partial charge in [0.2, 0.25) is 5.95 Å². The minimum absolute atomic E-state index is 0.256. The predicted molar refractivity (Wildman–Crippen MR) is 133 cm³/mol. The molecule has 3 aromatic rings. The number of carbonyl (C=O) groups excluding carboxylic acids is 2. The first kappa shape index (κ1) is 22.9. The van der Waals surface area contributed by atoms with Crippen molar-refractivity contribution in [3.63, 3.8) is 0 Å². The van der Waals surface area contributed by atoms with Crippen LogP contribution in [0.4, 0.5) is 21.6 Å². The minimum Gasteiger partial charge on any atom is -0.379 e. The molecule has 3 heterocycles. The van der Waals surface area contributed by atoms with E-state index in [-0.39, 0.29) is 11.7 Å². The van der Waals surface area contributed by atoms with Crippen molar-refractivity contribution >= 4 is 34.5 Å². The first-order valence-electron chi connectivity index (χ1n) is 12.9. The van der Waals surface area contributed by atoms with Crippen LogP contribution in [-0.4, -0.2) is 43.4 Å². The van der Waals surface area contributed by atoms with Crippen LogP contribution in [0.3, 0.4) is 0 Å². The van der Waals surface area contributed by atoms with Gasteiger partial charge in [-0.2, -0.15) is 4.39 Å². The van der Waals surface area contributed by atoms with Gasteiger partial charge in [0.15, 0.2) is 11.3 Å². The molecule has 0 aromatic carbocycles. The van der Waals surface area contributed by atoms with Crippen LogP contribution in [0.2, 0.25) is 0 Å². The molecule has 0 atom stereocenters. The summed E-state index contributed by atoms with van der Waals surface area (Å²) in [6.45, 7) is 0. The number of rotatable bonds is 9. The Morgan fingerprint density at radius 3 is 2.44 bits per heavy atom. The fraction of sp³-hybridized carbons (Fsp3) is 0.500. The number of nitrogens with zero attached hydrogens (tertiary/aromatic N) is 4. The van der Waals surface area contributed by atoms with Crippen LogP contribution in [-0.2, 0) is 4.79 Å². The highest BCUT2D eigenvalue weighted by atomic mass is 19.1. The Morgan fingerprint density at radius 2 is 1.72 bits per heavy atom. The molecule has 0 unspecified atom stereocenters. The topological polar surface area (TPSA) is 113 Å². The van der Waals surface area contributed by atoms with E-state index in [1.807, 2.05) is 6.07 Å². The summed E-state index contributed by atoms with van der Waals surface area (Å²) < 4.78 is 15.0. The molecule has 0 aliphatic heterocycles. The van der Waals surface area contributed by atoms with Crippen LogP contribution in [0.1, 0.15) is 68.3 Å². The van der Waals surface area contributed by atoms with Crippen LogP contribution in [0.25, 0.3) is 5.65 Å². The number of nitrogens with one attached hydrogen (secondary N) is 3. The molecule has 9 nitrogen and oxygen atoms in total. The Labute approximate surface area is 208 Å². The third-order valence-corrected chi connectivity index (χ3v) is 7.34. The zero-order valence-corrected chi connectivity index (χ0v) is 20.0. The average Bonchev–Trinajstić information content (AvgIpc) is 3.79. The largest absolute Gasteiger partial charge is 0.379 e. The summed E-state index contributed by atoms with van der Waals surface area (Å²) in [7, 11) is 0. The Morgan fingerprint density at radius 1 is 0.972 bits per heavy atom. The van der Waals surface area contributed by atoms with E-state index in [0.717, 1.165) is 69.5 Å². The Hall–Kier alpha value is -3.56. The fourth-order valence-electron chi connectivity index (χ4n) is 5.00. The number of carbonyl (C=O) groups is 2. The molecular weight excluding hydrogens is 461 g/mol. The lowest BCUT2D eigenvalue weighted by Crippen LogP contribution is -2.28. The number of hydrogen-bond acceptors (Lipinski definition) is 7. The normalized spacial score (nSPS) is 21.8. The molecule has 188 valence electrons. The first-order chi connectivity index (χ1) is 17.5. The van der Waals surface area contributed by atoms with Crippen molar-refractivity contribution < 1.29 is 14.0 Å². The molecule has 3 aliphatic carbocycles. The Balaban J connectivity index is 1.19. The van der Waals surface area contributed by atoms with Crippen molar-refractivity contribution in [2.75, 3.05) is 16.0 Å². The van der Waals surface area contributed by atoms with Gasteiger partial charge in [-0.1, -0.05) is 0 Å². The van der Waals surface area contributed by atoms with E-state index in [4.69, 9.17) is 5.10 Å². The summed E-state index contributed by atoms with van der Waals surface area (Å²) in [4.78, 5) is 33.2. The third kappa shape index (κ3) is 5.17. The summed E-state index contributed by atoms with van der Waals surface area (Å²) in [5, 5.41) is 14.4. The van der Waals surface area contributed by atoms with Crippen molar-refractivity contribution in [1.29, 1.82) is 0 Å². The average molecular weight is 492 g/mol. The Kier molecular flexibility index (Phi) is 6.02. The number of anilines is 3. The maximum atomic E-state index is 13.5. The van der Waals surface area contributed by atoms with E-state index < -0.39 is 11.9 Å². The number of Topliss-reactive ketones (excluding diaryl/α,β-unsaturated/α-hetero) is 1. The molecular formula is C26H30FN7O2. The summed E-state index contributed by atoms with van der Waals surface area (Å²) in [5.74, 6) is 0.850. The molecule has 3 aromatic heterocycles. The van der Waals surface area contributed by atoms with E-state index in [1.165, 1.54) is 18.5 Å². The van der Waals surface area contributed by atoms with E-state index in [1.54, 1.807) is 4.52 Å². The molecule has 0 spiro atoms. The fourth-order valence-corrected chi connectivity index (χ4v) is 5.00. The SMILES string of the molecule is O=C(Nc1ccnc(F)c1)c1cnc2c(NC3CC3)cc(NC3CCC(CC(=O)C4CC4)CC3)nn12. The monoisotopic (exact) mass is 491 g/mol. The van der Waals surface area contributed by atoms with Gasteiger partial charge >= 0.3 is 0 Å². The number of hydrogen-bond donors (Lipinski definition) is 3. The molecule has 3 saturated carbocycles. The van der Waals surface area contributed by atoms with Crippen molar-refractivity contribution in [3.8, 4) is 0 Å². The highest BCUT2D eigenvalue weighted by molar-refractivity contribution is 6.03. The first-order valence-corrected chi connectivity index (χ1v) is 12.9. The zero-order valence-electron chi connectivity index (χ0n) is 20.0. The zero-order chi connectivity index (χ0) is 24.6. The van der Waals surface area contributed by atoms with E-state index in [0.29, 0.717) is 40.8 Å². The Bertz CT molecular complexity index is 1290. The number of fused-ring (bicyclic) bond motifs is 1. The van der Waals surface area contributed by atoms with Crippen molar-refractivity contribution in [2.45, 2.75) is 69.9 Å². The van der Waals surface area contributed by atoms with E-state index in [9.17, 15) is 14.0 Å². The van der Waals surface area contributed by atoms with Gasteiger partial charge < -0.3 is 16.0 Å². The van der Waals surface area contributed by atoms with Gasteiger partial charge in [0.05, 0.1) is 11.9 Å². The van der Waals surface area contributed by atoms with Gasteiger partial charge in [-0.05, 0) is 63.4 Å². The van der Waals surface area contributed by atoms with Crippen molar-refractivity contribution in [2.24, 2.45) is 11.8 Å². The molecule has 0 saturated heterocycles. The molecule has 1 amide bonds. The number of imidazole rings is 1. The van der Waals surface area contributed by atoms with Gasteiger partial charge in [0.1, 0.15) is 11.6 Å². The summed E-state index contributed by atoms with van der Waals surface area (Å²) in [6.07, 6.45) is 11.9. The van der Waals surface area contributed by atoms with Gasteiger partial charge in [-0.15, -0.1) is 5.10 Å². The van der Waals surface area contributed by atoms with Gasteiger partial charge in [0.25, 0.3) is 5.91 Å². The minimum atomic E-state index is -0.668. The predicted octanol–water partition coefficient (Wildman–Crippen LogP) is 4.43. The van der Waals surface area contributed by atoms with Crippen LogP contribution >= 0.6 is 0 Å². The summed E-state index contributed by atoms with van der Waals surface area (Å²) in [6, 6.07) is 5.31. The highest BCUT2D eigenvalue weighted by Crippen LogP contribution is 2.36.